The van der Waals surface area contributed by atoms with Crippen LogP contribution in [0.4, 0.5) is 0 Å². The molecule has 0 fully saturated rings. The lowest BCUT2D eigenvalue weighted by Crippen LogP contribution is -1.92. The Morgan fingerprint density at radius 1 is 1.33 bits per heavy atom. The highest BCUT2D eigenvalue weighted by Crippen LogP contribution is 2.10. The Bertz CT molecular complexity index is 301. The Morgan fingerprint density at radius 2 is 1.92 bits per heavy atom. The summed E-state index contributed by atoms with van der Waals surface area (Å²) in [5.41, 5.74) is 0.559. The lowest BCUT2D eigenvalue weighted by Gasteiger charge is -1.94. The minimum absolute atomic E-state index is 0.204. The van der Waals surface area contributed by atoms with Gasteiger partial charge < -0.3 is 5.11 Å². The standard InChI is InChI=1S/C9H7BrO2/c10-8-3-1-7(2-4-8)9(12)5-6-11/h1-6,11H/b6-5+. The topological polar surface area (TPSA) is 37.3 Å². The number of aliphatic hydroxyl groups excluding tert-OH is 1. The van der Waals surface area contributed by atoms with E-state index < -0.39 is 0 Å². The molecule has 1 N–H and O–H groups in total. The minimum Gasteiger partial charge on any atom is -0.515 e. The van der Waals surface area contributed by atoms with E-state index in [1.54, 1.807) is 24.3 Å². The van der Waals surface area contributed by atoms with Gasteiger partial charge in [-0.25, -0.2) is 0 Å². The zero-order chi connectivity index (χ0) is 8.97. The summed E-state index contributed by atoms with van der Waals surface area (Å²) in [5.74, 6) is -0.204. The number of carbonyl (C=O) groups is 1. The zero-order valence-corrected chi connectivity index (χ0v) is 7.78. The zero-order valence-electron chi connectivity index (χ0n) is 6.20. The lowest BCUT2D eigenvalue weighted by atomic mass is 10.1. The average molecular weight is 227 g/mol. The normalized spacial score (nSPS) is 10.4. The van der Waals surface area contributed by atoms with Crippen LogP contribution in [0, 0.1) is 0 Å². The molecule has 3 heteroatoms. The summed E-state index contributed by atoms with van der Waals surface area (Å²) in [4.78, 5) is 11.1. The molecule has 0 saturated carbocycles. The van der Waals surface area contributed by atoms with Crippen molar-refractivity contribution < 1.29 is 9.90 Å². The molecular formula is C9H7BrO2. The molecule has 12 heavy (non-hydrogen) atoms. The van der Waals surface area contributed by atoms with Gasteiger partial charge in [-0.15, -0.1) is 0 Å². The van der Waals surface area contributed by atoms with Crippen LogP contribution < -0.4 is 0 Å². The van der Waals surface area contributed by atoms with Crippen molar-refractivity contribution in [1.29, 1.82) is 0 Å². The second kappa shape index (κ2) is 4.07. The fourth-order valence-corrected chi connectivity index (χ4v) is 1.04. The van der Waals surface area contributed by atoms with Crippen molar-refractivity contribution in [3.8, 4) is 0 Å². The number of allylic oxidation sites excluding steroid dienone is 1. The quantitative estimate of drug-likeness (QED) is 0.479. The van der Waals surface area contributed by atoms with Crippen molar-refractivity contribution in [3.05, 3.63) is 46.6 Å². The molecule has 0 aliphatic carbocycles. The molecule has 0 spiro atoms. The van der Waals surface area contributed by atoms with Crippen LogP contribution in [0.3, 0.4) is 0 Å². The molecule has 0 atom stereocenters. The molecule has 1 aromatic rings. The third kappa shape index (κ3) is 2.20. The molecule has 0 aliphatic rings. The lowest BCUT2D eigenvalue weighted by molar-refractivity contribution is 0.104. The van der Waals surface area contributed by atoms with Gasteiger partial charge in [0, 0.05) is 16.1 Å². The number of aliphatic hydroxyl groups is 1. The molecule has 0 bridgehead atoms. The molecule has 0 heterocycles. The van der Waals surface area contributed by atoms with Crippen molar-refractivity contribution >= 4 is 21.7 Å². The number of benzene rings is 1. The summed E-state index contributed by atoms with van der Waals surface area (Å²) in [6, 6.07) is 6.93. The monoisotopic (exact) mass is 226 g/mol. The number of hydrogen-bond acceptors (Lipinski definition) is 2. The maximum Gasteiger partial charge on any atom is 0.188 e. The van der Waals surface area contributed by atoms with Gasteiger partial charge in [0.15, 0.2) is 5.78 Å². The molecule has 0 aliphatic heterocycles. The van der Waals surface area contributed by atoms with Gasteiger partial charge >= 0.3 is 0 Å². The summed E-state index contributed by atoms with van der Waals surface area (Å²) < 4.78 is 0.923. The van der Waals surface area contributed by atoms with Gasteiger partial charge in [-0.1, -0.05) is 15.9 Å². The molecular weight excluding hydrogens is 220 g/mol. The molecule has 62 valence electrons. The molecule has 0 aromatic heterocycles. The van der Waals surface area contributed by atoms with E-state index in [-0.39, 0.29) is 5.78 Å². The second-order valence-corrected chi connectivity index (χ2v) is 3.10. The Kier molecular flexibility index (Phi) is 3.05. The van der Waals surface area contributed by atoms with E-state index in [4.69, 9.17) is 5.11 Å². The summed E-state index contributed by atoms with van der Waals surface area (Å²) in [7, 11) is 0. The molecule has 1 aromatic carbocycles. The van der Waals surface area contributed by atoms with E-state index in [9.17, 15) is 4.79 Å². The van der Waals surface area contributed by atoms with E-state index in [0.717, 1.165) is 16.8 Å². The molecule has 0 amide bonds. The third-order valence-electron chi connectivity index (χ3n) is 1.35. The van der Waals surface area contributed by atoms with Gasteiger partial charge in [-0.2, -0.15) is 0 Å². The van der Waals surface area contributed by atoms with E-state index in [0.29, 0.717) is 5.56 Å². The van der Waals surface area contributed by atoms with E-state index in [1.165, 1.54) is 0 Å². The number of hydrogen-bond donors (Lipinski definition) is 1. The van der Waals surface area contributed by atoms with Crippen molar-refractivity contribution in [2.75, 3.05) is 0 Å². The third-order valence-corrected chi connectivity index (χ3v) is 1.88. The van der Waals surface area contributed by atoms with E-state index in [1.807, 2.05) is 0 Å². The maximum absolute atomic E-state index is 11.1. The summed E-state index contributed by atoms with van der Waals surface area (Å²) in [6.07, 6.45) is 1.85. The summed E-state index contributed by atoms with van der Waals surface area (Å²) >= 11 is 3.25. The first kappa shape index (κ1) is 9.00. The van der Waals surface area contributed by atoms with Crippen LogP contribution in [-0.4, -0.2) is 10.9 Å². The van der Waals surface area contributed by atoms with E-state index >= 15 is 0 Å². The first-order chi connectivity index (χ1) is 5.74. The largest absolute Gasteiger partial charge is 0.515 e. The smallest absolute Gasteiger partial charge is 0.188 e. The second-order valence-electron chi connectivity index (χ2n) is 2.19. The number of rotatable bonds is 2. The van der Waals surface area contributed by atoms with Crippen LogP contribution in [0.15, 0.2) is 41.1 Å². The van der Waals surface area contributed by atoms with Crippen molar-refractivity contribution in [2.45, 2.75) is 0 Å². The SMILES string of the molecule is O=C(/C=C/O)c1ccc(Br)cc1. The highest BCUT2D eigenvalue weighted by atomic mass is 79.9. The Morgan fingerprint density at radius 3 is 2.42 bits per heavy atom. The van der Waals surface area contributed by atoms with Crippen LogP contribution in [-0.2, 0) is 0 Å². The summed E-state index contributed by atoms with van der Waals surface area (Å²) in [5, 5.41) is 8.34. The fraction of sp³-hybridized carbons (Fsp3) is 0. The predicted octanol–water partition coefficient (Wildman–Crippen LogP) is 2.70. The Hall–Kier alpha value is -1.09. The van der Waals surface area contributed by atoms with Crippen LogP contribution >= 0.6 is 15.9 Å². The van der Waals surface area contributed by atoms with Gasteiger partial charge in [-0.3, -0.25) is 4.79 Å². The highest BCUT2D eigenvalue weighted by Gasteiger charge is 1.99. The number of halogens is 1. The summed E-state index contributed by atoms with van der Waals surface area (Å²) in [6.45, 7) is 0. The van der Waals surface area contributed by atoms with Gasteiger partial charge in [0.2, 0.25) is 0 Å². The Labute approximate surface area is 78.7 Å². The number of carbonyl (C=O) groups excluding carboxylic acids is 1. The number of ketones is 1. The molecule has 0 unspecified atom stereocenters. The highest BCUT2D eigenvalue weighted by molar-refractivity contribution is 9.10. The van der Waals surface area contributed by atoms with Crippen molar-refractivity contribution in [1.82, 2.24) is 0 Å². The van der Waals surface area contributed by atoms with Crippen molar-refractivity contribution in [3.63, 3.8) is 0 Å². The first-order valence-corrected chi connectivity index (χ1v) is 4.14. The predicted molar refractivity (Wildman–Crippen MR) is 50.2 cm³/mol. The van der Waals surface area contributed by atoms with Gasteiger partial charge in [0.25, 0.3) is 0 Å². The van der Waals surface area contributed by atoms with Crippen molar-refractivity contribution in [2.24, 2.45) is 0 Å². The van der Waals surface area contributed by atoms with Crippen LogP contribution in [0.25, 0.3) is 0 Å². The Balaban J connectivity index is 2.90. The van der Waals surface area contributed by atoms with Gasteiger partial charge in [0.1, 0.15) is 0 Å². The molecule has 2 nitrogen and oxygen atoms in total. The minimum atomic E-state index is -0.204. The fourth-order valence-electron chi connectivity index (χ4n) is 0.778. The average Bonchev–Trinajstić information content (AvgIpc) is 2.06. The van der Waals surface area contributed by atoms with Gasteiger partial charge in [0.05, 0.1) is 6.26 Å². The van der Waals surface area contributed by atoms with Crippen LogP contribution in [0.1, 0.15) is 10.4 Å². The maximum atomic E-state index is 11.1. The van der Waals surface area contributed by atoms with Gasteiger partial charge in [-0.05, 0) is 24.3 Å². The van der Waals surface area contributed by atoms with Crippen LogP contribution in [0.2, 0.25) is 0 Å². The molecule has 0 radical (unpaired) electrons. The molecule has 1 rings (SSSR count). The van der Waals surface area contributed by atoms with E-state index in [2.05, 4.69) is 15.9 Å². The molecule has 0 saturated heterocycles. The van der Waals surface area contributed by atoms with Crippen LogP contribution in [0.5, 0.6) is 0 Å². The first-order valence-electron chi connectivity index (χ1n) is 3.34.